The molecule has 0 amide bonds. The van der Waals surface area contributed by atoms with E-state index in [2.05, 4.69) is 13.0 Å². The minimum absolute atomic E-state index is 0.178. The summed E-state index contributed by atoms with van der Waals surface area (Å²) in [4.78, 5) is -0.178. The van der Waals surface area contributed by atoms with Crippen molar-refractivity contribution in [2.45, 2.75) is 18.7 Å². The van der Waals surface area contributed by atoms with Gasteiger partial charge >= 0.3 is 0 Å². The highest BCUT2D eigenvalue weighted by Gasteiger charge is 2.08. The smallest absolute Gasteiger partial charge is 0.166 e. The first-order valence-electron chi connectivity index (χ1n) is 5.84. The Balaban J connectivity index is 0.000000362. The van der Waals surface area contributed by atoms with E-state index in [0.29, 0.717) is 6.54 Å². The summed E-state index contributed by atoms with van der Waals surface area (Å²) in [6.45, 7) is 5.53. The molecule has 0 saturated heterocycles. The van der Waals surface area contributed by atoms with Gasteiger partial charge in [-0.25, -0.2) is 8.42 Å². The lowest BCUT2D eigenvalue weighted by atomic mass is 10.2. The van der Waals surface area contributed by atoms with E-state index in [1.165, 1.54) is 12.1 Å². The van der Waals surface area contributed by atoms with E-state index in [4.69, 9.17) is 5.26 Å². The second kappa shape index (κ2) is 7.24. The van der Waals surface area contributed by atoms with Gasteiger partial charge in [0.05, 0.1) is 25.5 Å². The van der Waals surface area contributed by atoms with Gasteiger partial charge in [0, 0.05) is 0 Å². The Morgan fingerprint density at radius 3 is 2.00 bits per heavy atom. The fourth-order valence-corrected chi connectivity index (χ4v) is 1.48. The predicted molar refractivity (Wildman–Crippen MR) is 72.3 cm³/mol. The molecular weight excluding hydrogens is 264 g/mol. The second-order valence-corrected chi connectivity index (χ2v) is 6.22. The summed E-state index contributed by atoms with van der Waals surface area (Å²) in [5.74, 6) is 0. The van der Waals surface area contributed by atoms with Crippen LogP contribution in [0.25, 0.3) is 0 Å². The van der Waals surface area contributed by atoms with E-state index in [0.717, 1.165) is 16.6 Å². The standard InChI is InChI=1S/C7H8O3S.C6H13N2/c1-6-2-4-7(5-3-6)11(8,9)10;1-4-8(2,3)6-5-7/h2-5H,1H3,(H,8,9,10);4,6H2,1-3H3/q;+1/p-1. The van der Waals surface area contributed by atoms with Gasteiger partial charge in [-0.2, -0.15) is 5.26 Å². The summed E-state index contributed by atoms with van der Waals surface area (Å²) >= 11 is 0. The molecule has 0 bridgehead atoms. The van der Waals surface area contributed by atoms with Crippen molar-refractivity contribution in [3.05, 3.63) is 29.8 Å². The summed E-state index contributed by atoms with van der Waals surface area (Å²) in [7, 11) is -0.180. The predicted octanol–water partition coefficient (Wildman–Crippen LogP) is 1.51. The van der Waals surface area contributed by atoms with E-state index in [-0.39, 0.29) is 4.90 Å². The zero-order valence-corrected chi connectivity index (χ0v) is 12.6. The molecule has 6 heteroatoms. The Labute approximate surface area is 115 Å². The Hall–Kier alpha value is -1.42. The Morgan fingerprint density at radius 1 is 1.26 bits per heavy atom. The fourth-order valence-electron chi connectivity index (χ4n) is 1.01. The number of hydrogen-bond acceptors (Lipinski definition) is 4. The molecule has 1 rings (SSSR count). The molecule has 0 fully saturated rings. The number of nitrogens with zero attached hydrogens (tertiary/aromatic N) is 2. The molecule has 5 nitrogen and oxygen atoms in total. The number of aryl methyl sites for hydroxylation is 1. The highest BCUT2D eigenvalue weighted by atomic mass is 32.2. The summed E-state index contributed by atoms with van der Waals surface area (Å²) < 4.78 is 32.0. The Kier molecular flexibility index (Phi) is 6.70. The largest absolute Gasteiger partial charge is 0.744 e. The summed E-state index contributed by atoms with van der Waals surface area (Å²) in [5, 5.41) is 8.27. The van der Waals surface area contributed by atoms with Gasteiger partial charge in [-0.05, 0) is 26.0 Å². The molecule has 0 aliphatic carbocycles. The third kappa shape index (κ3) is 7.57. The van der Waals surface area contributed by atoms with E-state index >= 15 is 0 Å². The van der Waals surface area contributed by atoms with Crippen LogP contribution in [0.2, 0.25) is 0 Å². The maximum Gasteiger partial charge on any atom is 0.166 e. The Morgan fingerprint density at radius 2 is 1.74 bits per heavy atom. The van der Waals surface area contributed by atoms with E-state index < -0.39 is 10.1 Å². The summed E-state index contributed by atoms with van der Waals surface area (Å²) in [5.41, 5.74) is 0.928. The first-order valence-corrected chi connectivity index (χ1v) is 7.24. The zero-order valence-electron chi connectivity index (χ0n) is 11.8. The van der Waals surface area contributed by atoms with Crippen molar-refractivity contribution in [2.75, 3.05) is 27.2 Å². The summed E-state index contributed by atoms with van der Waals surface area (Å²) in [6.07, 6.45) is 0. The van der Waals surface area contributed by atoms with Crippen LogP contribution >= 0.6 is 0 Å². The lowest BCUT2D eigenvalue weighted by molar-refractivity contribution is -0.881. The van der Waals surface area contributed by atoms with Gasteiger partial charge in [-0.3, -0.25) is 0 Å². The van der Waals surface area contributed by atoms with Gasteiger partial charge in [-0.1, -0.05) is 17.7 Å². The molecular formula is C13H20N2O3S. The van der Waals surface area contributed by atoms with Gasteiger partial charge < -0.3 is 9.04 Å². The van der Waals surface area contributed by atoms with E-state index in [1.54, 1.807) is 12.1 Å². The molecule has 0 N–H and O–H groups in total. The molecule has 19 heavy (non-hydrogen) atoms. The van der Waals surface area contributed by atoms with Crippen LogP contribution in [0.1, 0.15) is 12.5 Å². The molecule has 0 aliphatic rings. The number of hydrogen-bond donors (Lipinski definition) is 0. The fraction of sp³-hybridized carbons (Fsp3) is 0.462. The lowest BCUT2D eigenvalue weighted by Crippen LogP contribution is -2.39. The average molecular weight is 284 g/mol. The zero-order chi connectivity index (χ0) is 15.1. The molecule has 0 aliphatic heterocycles. The molecule has 0 atom stereocenters. The monoisotopic (exact) mass is 284 g/mol. The van der Waals surface area contributed by atoms with Gasteiger partial charge in [0.2, 0.25) is 0 Å². The van der Waals surface area contributed by atoms with Gasteiger partial charge in [0.15, 0.2) is 6.54 Å². The summed E-state index contributed by atoms with van der Waals surface area (Å²) in [6, 6.07) is 7.91. The first-order chi connectivity index (χ1) is 8.62. The SMILES string of the molecule is CC[N+](C)(C)CC#N.Cc1ccc(S(=O)(=O)[O-])cc1. The number of nitriles is 1. The number of benzene rings is 1. The average Bonchev–Trinajstić information content (AvgIpc) is 2.29. The molecule has 0 aromatic heterocycles. The van der Waals surface area contributed by atoms with Crippen LogP contribution in [0, 0.1) is 18.3 Å². The normalized spacial score (nSPS) is 11.2. The molecule has 0 saturated carbocycles. The van der Waals surface area contributed by atoms with Crippen molar-refractivity contribution in [3.63, 3.8) is 0 Å². The van der Waals surface area contributed by atoms with E-state index in [1.807, 2.05) is 21.0 Å². The highest BCUT2D eigenvalue weighted by molar-refractivity contribution is 7.85. The minimum Gasteiger partial charge on any atom is -0.744 e. The molecule has 0 radical (unpaired) electrons. The molecule has 106 valence electrons. The van der Waals surface area contributed by atoms with Crippen molar-refractivity contribution < 1.29 is 17.5 Å². The van der Waals surface area contributed by atoms with Crippen LogP contribution in [-0.2, 0) is 10.1 Å². The maximum absolute atomic E-state index is 10.4. The maximum atomic E-state index is 10.4. The molecule has 1 aromatic carbocycles. The second-order valence-electron chi connectivity index (χ2n) is 4.84. The van der Waals surface area contributed by atoms with Gasteiger partial charge in [0.25, 0.3) is 0 Å². The van der Waals surface area contributed by atoms with Gasteiger partial charge in [-0.15, -0.1) is 0 Å². The molecule has 1 aromatic rings. The minimum atomic E-state index is -4.27. The van der Waals surface area contributed by atoms with E-state index in [9.17, 15) is 13.0 Å². The van der Waals surface area contributed by atoms with Crippen LogP contribution < -0.4 is 0 Å². The third-order valence-corrected chi connectivity index (χ3v) is 3.51. The van der Waals surface area contributed by atoms with Crippen LogP contribution in [0.15, 0.2) is 29.2 Å². The van der Waals surface area contributed by atoms with Crippen molar-refractivity contribution in [1.29, 1.82) is 5.26 Å². The van der Waals surface area contributed by atoms with Crippen LogP contribution in [-0.4, -0.2) is 44.6 Å². The number of quaternary nitrogens is 1. The molecule has 0 unspecified atom stereocenters. The Bertz CT molecular complexity index is 528. The van der Waals surface area contributed by atoms with Gasteiger partial charge in [0.1, 0.15) is 16.2 Å². The highest BCUT2D eigenvalue weighted by Crippen LogP contribution is 2.08. The van der Waals surface area contributed by atoms with Crippen molar-refractivity contribution in [2.24, 2.45) is 0 Å². The van der Waals surface area contributed by atoms with Crippen molar-refractivity contribution >= 4 is 10.1 Å². The van der Waals surface area contributed by atoms with Crippen LogP contribution in [0.3, 0.4) is 0 Å². The van der Waals surface area contributed by atoms with Crippen LogP contribution in [0.5, 0.6) is 0 Å². The lowest BCUT2D eigenvalue weighted by Gasteiger charge is -2.23. The first kappa shape index (κ1) is 17.6. The molecule has 0 heterocycles. The van der Waals surface area contributed by atoms with Crippen molar-refractivity contribution in [1.82, 2.24) is 0 Å². The number of rotatable bonds is 3. The quantitative estimate of drug-likeness (QED) is 0.478. The van der Waals surface area contributed by atoms with Crippen LogP contribution in [0.4, 0.5) is 0 Å². The molecule has 0 spiro atoms. The third-order valence-electron chi connectivity index (χ3n) is 2.66. The topological polar surface area (TPSA) is 81.0 Å². The van der Waals surface area contributed by atoms with Crippen molar-refractivity contribution in [3.8, 4) is 6.07 Å².